The predicted octanol–water partition coefficient (Wildman–Crippen LogP) is 4.70. The molecule has 1 heterocycles. The summed E-state index contributed by atoms with van der Waals surface area (Å²) in [5.41, 5.74) is 0.397. The van der Waals surface area contributed by atoms with Gasteiger partial charge in [-0.15, -0.1) is 0 Å². The molecule has 0 spiro atoms. The third kappa shape index (κ3) is 4.95. The quantitative estimate of drug-likeness (QED) is 0.386. The molecule has 3 rings (SSSR count). The van der Waals surface area contributed by atoms with Crippen LogP contribution in [0.5, 0.6) is 0 Å². The second kappa shape index (κ2) is 9.22. The van der Waals surface area contributed by atoms with Gasteiger partial charge in [0.25, 0.3) is 11.4 Å². The summed E-state index contributed by atoms with van der Waals surface area (Å²) in [5.74, 6) is -1.15. The SMILES string of the molecule is CCOC(=O)C1=C(O)/C(=C/c2cccc([N+](=O)[O-])c2)SC1=Nc1ccc([N+](=O)[O-])cc1. The van der Waals surface area contributed by atoms with Gasteiger partial charge < -0.3 is 9.84 Å². The highest BCUT2D eigenvalue weighted by Crippen LogP contribution is 2.40. The fourth-order valence-corrected chi connectivity index (χ4v) is 3.67. The first-order chi connectivity index (χ1) is 14.8. The van der Waals surface area contributed by atoms with Gasteiger partial charge in [0.2, 0.25) is 0 Å². The fourth-order valence-electron chi connectivity index (χ4n) is 2.64. The van der Waals surface area contributed by atoms with Crippen molar-refractivity contribution in [2.45, 2.75) is 6.92 Å². The van der Waals surface area contributed by atoms with Crippen LogP contribution in [0.25, 0.3) is 6.08 Å². The number of carbonyl (C=O) groups excluding carboxylic acids is 1. The number of rotatable bonds is 6. The number of carbonyl (C=O) groups is 1. The summed E-state index contributed by atoms with van der Waals surface area (Å²) < 4.78 is 5.01. The molecule has 2 aromatic carbocycles. The number of ether oxygens (including phenoxy) is 1. The molecule has 11 heteroatoms. The highest BCUT2D eigenvalue weighted by atomic mass is 32.2. The number of aliphatic hydroxyl groups excluding tert-OH is 1. The van der Waals surface area contributed by atoms with E-state index in [0.29, 0.717) is 11.3 Å². The number of hydrogen-bond donors (Lipinski definition) is 1. The van der Waals surface area contributed by atoms with E-state index in [1.54, 1.807) is 13.0 Å². The minimum Gasteiger partial charge on any atom is -0.506 e. The largest absolute Gasteiger partial charge is 0.506 e. The van der Waals surface area contributed by atoms with E-state index in [9.17, 15) is 30.1 Å². The normalized spacial score (nSPS) is 16.0. The van der Waals surface area contributed by atoms with Gasteiger partial charge in [-0.1, -0.05) is 23.9 Å². The molecule has 0 bridgehead atoms. The van der Waals surface area contributed by atoms with Crippen molar-refractivity contribution >= 4 is 45.9 Å². The number of esters is 1. The molecule has 0 amide bonds. The predicted molar refractivity (Wildman–Crippen MR) is 115 cm³/mol. The number of nitro groups is 2. The van der Waals surface area contributed by atoms with Gasteiger partial charge in [-0.2, -0.15) is 0 Å². The van der Waals surface area contributed by atoms with E-state index < -0.39 is 15.8 Å². The number of aliphatic hydroxyl groups is 1. The number of hydrogen-bond acceptors (Lipinski definition) is 9. The molecule has 1 N–H and O–H groups in total. The second-order valence-electron chi connectivity index (χ2n) is 6.10. The van der Waals surface area contributed by atoms with E-state index in [1.165, 1.54) is 48.5 Å². The summed E-state index contributed by atoms with van der Waals surface area (Å²) >= 11 is 0.978. The van der Waals surface area contributed by atoms with Crippen LogP contribution in [0.4, 0.5) is 17.1 Å². The van der Waals surface area contributed by atoms with Crippen LogP contribution in [0.15, 0.2) is 69.8 Å². The van der Waals surface area contributed by atoms with Gasteiger partial charge in [-0.25, -0.2) is 9.79 Å². The fraction of sp³-hybridized carbons (Fsp3) is 0.100. The number of thioether (sulfide) groups is 1. The summed E-state index contributed by atoms with van der Waals surface area (Å²) in [4.78, 5) is 37.7. The lowest BCUT2D eigenvalue weighted by Gasteiger charge is -2.03. The van der Waals surface area contributed by atoms with Gasteiger partial charge in [0.15, 0.2) is 0 Å². The van der Waals surface area contributed by atoms with E-state index in [4.69, 9.17) is 4.74 Å². The van der Waals surface area contributed by atoms with Crippen molar-refractivity contribution in [3.8, 4) is 0 Å². The van der Waals surface area contributed by atoms with Gasteiger partial charge in [0.1, 0.15) is 16.4 Å². The lowest BCUT2D eigenvalue weighted by Crippen LogP contribution is -2.12. The van der Waals surface area contributed by atoms with Crippen LogP contribution in [0.3, 0.4) is 0 Å². The Labute approximate surface area is 179 Å². The first kappa shape index (κ1) is 21.7. The molecule has 158 valence electrons. The molecular weight excluding hydrogens is 426 g/mol. The zero-order chi connectivity index (χ0) is 22.5. The average Bonchev–Trinajstić information content (AvgIpc) is 3.03. The lowest BCUT2D eigenvalue weighted by atomic mass is 10.1. The maximum atomic E-state index is 12.4. The maximum absolute atomic E-state index is 12.4. The summed E-state index contributed by atoms with van der Waals surface area (Å²) in [6.07, 6.45) is 1.49. The molecule has 2 aromatic rings. The Morgan fingerprint density at radius 1 is 1.13 bits per heavy atom. The lowest BCUT2D eigenvalue weighted by molar-refractivity contribution is -0.385. The number of nitrogens with zero attached hydrogens (tertiary/aromatic N) is 3. The molecule has 0 saturated heterocycles. The number of aliphatic imine (C=N–C) groups is 1. The van der Waals surface area contributed by atoms with Crippen LogP contribution in [0.1, 0.15) is 12.5 Å². The molecule has 0 radical (unpaired) electrons. The molecule has 10 nitrogen and oxygen atoms in total. The smallest absolute Gasteiger partial charge is 0.344 e. The zero-order valence-corrected chi connectivity index (χ0v) is 16.9. The van der Waals surface area contributed by atoms with Crippen LogP contribution in [-0.4, -0.2) is 32.6 Å². The van der Waals surface area contributed by atoms with Crippen molar-refractivity contribution in [1.82, 2.24) is 0 Å². The van der Waals surface area contributed by atoms with Crippen molar-refractivity contribution < 1.29 is 24.5 Å². The first-order valence-electron chi connectivity index (χ1n) is 8.88. The van der Waals surface area contributed by atoms with Crippen LogP contribution < -0.4 is 0 Å². The van der Waals surface area contributed by atoms with Gasteiger partial charge in [0, 0.05) is 24.3 Å². The second-order valence-corrected chi connectivity index (χ2v) is 7.13. The Morgan fingerprint density at radius 3 is 2.42 bits per heavy atom. The Bertz CT molecular complexity index is 1150. The summed E-state index contributed by atoms with van der Waals surface area (Å²) in [6, 6.07) is 11.1. The molecule has 0 saturated carbocycles. The highest BCUT2D eigenvalue weighted by Gasteiger charge is 2.33. The van der Waals surface area contributed by atoms with Crippen molar-refractivity contribution in [3.63, 3.8) is 0 Å². The van der Waals surface area contributed by atoms with Gasteiger partial charge in [-0.3, -0.25) is 20.2 Å². The Balaban J connectivity index is 2.02. The monoisotopic (exact) mass is 441 g/mol. The number of nitro benzene ring substituents is 2. The van der Waals surface area contributed by atoms with Crippen molar-refractivity contribution in [2.75, 3.05) is 6.61 Å². The van der Waals surface area contributed by atoms with E-state index in [1.807, 2.05) is 0 Å². The van der Waals surface area contributed by atoms with Gasteiger partial charge >= 0.3 is 5.97 Å². The van der Waals surface area contributed by atoms with E-state index in [0.717, 1.165) is 11.8 Å². The third-order valence-electron chi connectivity index (χ3n) is 4.04. The molecule has 0 aliphatic carbocycles. The zero-order valence-electron chi connectivity index (χ0n) is 16.0. The minimum absolute atomic E-state index is 0.0784. The average molecular weight is 441 g/mol. The molecule has 1 aliphatic heterocycles. The highest BCUT2D eigenvalue weighted by molar-refractivity contribution is 8.18. The number of benzene rings is 2. The molecule has 0 fully saturated rings. The van der Waals surface area contributed by atoms with Gasteiger partial charge in [-0.05, 0) is 30.7 Å². The topological polar surface area (TPSA) is 145 Å². The molecule has 31 heavy (non-hydrogen) atoms. The maximum Gasteiger partial charge on any atom is 0.344 e. The van der Waals surface area contributed by atoms with Crippen LogP contribution in [0, 0.1) is 20.2 Å². The van der Waals surface area contributed by atoms with Crippen molar-refractivity contribution in [3.05, 3.63) is 90.6 Å². The number of non-ortho nitro benzene ring substituents is 2. The Kier molecular flexibility index (Phi) is 6.46. The van der Waals surface area contributed by atoms with Gasteiger partial charge in [0.05, 0.1) is 27.0 Å². The Morgan fingerprint density at radius 2 is 1.81 bits per heavy atom. The molecule has 0 unspecified atom stereocenters. The van der Waals surface area contributed by atoms with E-state index >= 15 is 0 Å². The van der Waals surface area contributed by atoms with Crippen LogP contribution in [-0.2, 0) is 9.53 Å². The molecule has 1 aliphatic rings. The summed E-state index contributed by atoms with van der Waals surface area (Å²) in [6.45, 7) is 1.69. The van der Waals surface area contributed by atoms with Crippen molar-refractivity contribution in [2.24, 2.45) is 4.99 Å². The summed E-state index contributed by atoms with van der Waals surface area (Å²) in [5, 5.41) is 32.6. The summed E-state index contributed by atoms with van der Waals surface area (Å²) in [7, 11) is 0. The first-order valence-corrected chi connectivity index (χ1v) is 9.70. The van der Waals surface area contributed by atoms with E-state index in [2.05, 4.69) is 4.99 Å². The third-order valence-corrected chi connectivity index (χ3v) is 5.06. The minimum atomic E-state index is -0.782. The molecule has 0 aromatic heterocycles. The van der Waals surface area contributed by atoms with Crippen LogP contribution >= 0.6 is 11.8 Å². The molecule has 0 atom stereocenters. The standard InChI is InChI=1S/C20H15N3O7S/c1-2-30-20(25)17-18(24)16(11-12-4-3-5-15(10-12)23(28)29)31-19(17)21-13-6-8-14(9-7-13)22(26)27/h3-11,24H,2H2,1H3/b16-11-,21-19?. The van der Waals surface area contributed by atoms with E-state index in [-0.39, 0.29) is 39.3 Å². The van der Waals surface area contributed by atoms with Crippen LogP contribution in [0.2, 0.25) is 0 Å². The molecular formula is C20H15N3O7S. The van der Waals surface area contributed by atoms with Crippen molar-refractivity contribution in [1.29, 1.82) is 0 Å². The Hall–Kier alpha value is -3.99.